The van der Waals surface area contributed by atoms with E-state index in [0.717, 1.165) is 0 Å². The average Bonchev–Trinajstić information content (AvgIpc) is 2.01. The molecule has 0 saturated carbocycles. The van der Waals surface area contributed by atoms with Gasteiger partial charge in [0.25, 0.3) is 0 Å². The molecule has 0 heterocycles. The number of rotatable bonds is 2. The molecule has 0 spiro atoms. The standard InChI is InChI=1S/C10H14N2O/c1-10(2,12)9(13)7-4-3-5-8(11)6-7/h3-6H,11-12H2,1-2H3. The summed E-state index contributed by atoms with van der Waals surface area (Å²) < 4.78 is 0. The van der Waals surface area contributed by atoms with Crippen molar-refractivity contribution < 1.29 is 4.79 Å². The number of benzene rings is 1. The highest BCUT2D eigenvalue weighted by atomic mass is 16.1. The first-order chi connectivity index (χ1) is 5.91. The molecule has 3 nitrogen and oxygen atoms in total. The SMILES string of the molecule is CC(C)(N)C(=O)c1cccc(N)c1. The Bertz CT molecular complexity index is 326. The second kappa shape index (κ2) is 3.18. The molecule has 0 aromatic heterocycles. The van der Waals surface area contributed by atoms with Crippen LogP contribution in [-0.4, -0.2) is 11.3 Å². The van der Waals surface area contributed by atoms with Gasteiger partial charge in [0.1, 0.15) is 0 Å². The predicted molar refractivity (Wildman–Crippen MR) is 53.5 cm³/mol. The average molecular weight is 178 g/mol. The molecule has 0 amide bonds. The maximum absolute atomic E-state index is 11.6. The summed E-state index contributed by atoms with van der Waals surface area (Å²) >= 11 is 0. The molecule has 0 aliphatic rings. The van der Waals surface area contributed by atoms with Crippen LogP contribution < -0.4 is 11.5 Å². The van der Waals surface area contributed by atoms with E-state index < -0.39 is 5.54 Å². The highest BCUT2D eigenvalue weighted by Gasteiger charge is 2.23. The smallest absolute Gasteiger partial charge is 0.182 e. The molecule has 1 rings (SSSR count). The van der Waals surface area contributed by atoms with Gasteiger partial charge < -0.3 is 11.5 Å². The van der Waals surface area contributed by atoms with Gasteiger partial charge in [0.15, 0.2) is 5.78 Å². The number of Topliss-reactive ketones (excluding diaryl/α,β-unsaturated/α-hetero) is 1. The molecule has 0 fully saturated rings. The monoisotopic (exact) mass is 178 g/mol. The Labute approximate surface area is 77.7 Å². The van der Waals surface area contributed by atoms with Gasteiger partial charge in [0.05, 0.1) is 5.54 Å². The Hall–Kier alpha value is -1.35. The quantitative estimate of drug-likeness (QED) is 0.528. The molecule has 0 bridgehead atoms. The van der Waals surface area contributed by atoms with Gasteiger partial charge >= 0.3 is 0 Å². The van der Waals surface area contributed by atoms with Crippen molar-refractivity contribution in [1.82, 2.24) is 0 Å². The Morgan fingerprint density at radius 2 is 2.00 bits per heavy atom. The Morgan fingerprint density at radius 1 is 1.38 bits per heavy atom. The van der Waals surface area contributed by atoms with Crippen LogP contribution in [-0.2, 0) is 0 Å². The molecule has 0 aliphatic carbocycles. The highest BCUT2D eigenvalue weighted by molar-refractivity contribution is 6.03. The second-order valence-corrected chi connectivity index (χ2v) is 3.68. The van der Waals surface area contributed by atoms with Gasteiger partial charge in [-0.3, -0.25) is 4.79 Å². The van der Waals surface area contributed by atoms with E-state index in [4.69, 9.17) is 11.5 Å². The minimum Gasteiger partial charge on any atom is -0.399 e. The number of hydrogen-bond donors (Lipinski definition) is 2. The van der Waals surface area contributed by atoms with E-state index in [1.807, 2.05) is 0 Å². The van der Waals surface area contributed by atoms with Crippen LogP contribution in [0.1, 0.15) is 24.2 Å². The van der Waals surface area contributed by atoms with Crippen LogP contribution in [0.2, 0.25) is 0 Å². The molecule has 1 aromatic rings. The zero-order valence-corrected chi connectivity index (χ0v) is 7.87. The third-order valence-corrected chi connectivity index (χ3v) is 1.73. The van der Waals surface area contributed by atoms with Crippen molar-refractivity contribution in [2.45, 2.75) is 19.4 Å². The Morgan fingerprint density at radius 3 is 2.46 bits per heavy atom. The van der Waals surface area contributed by atoms with E-state index in [1.54, 1.807) is 38.1 Å². The molecule has 1 aromatic carbocycles. The largest absolute Gasteiger partial charge is 0.399 e. The normalized spacial score (nSPS) is 11.3. The van der Waals surface area contributed by atoms with Crippen LogP contribution in [0.25, 0.3) is 0 Å². The molecule has 70 valence electrons. The number of carbonyl (C=O) groups is 1. The minimum absolute atomic E-state index is 0.0974. The minimum atomic E-state index is -0.839. The summed E-state index contributed by atoms with van der Waals surface area (Å²) in [6, 6.07) is 6.83. The Kier molecular flexibility index (Phi) is 2.38. The lowest BCUT2D eigenvalue weighted by Gasteiger charge is -2.16. The van der Waals surface area contributed by atoms with Crippen LogP contribution in [0.15, 0.2) is 24.3 Å². The van der Waals surface area contributed by atoms with Crippen molar-refractivity contribution in [2.24, 2.45) is 5.73 Å². The fourth-order valence-corrected chi connectivity index (χ4v) is 1.05. The molecule has 13 heavy (non-hydrogen) atoms. The van der Waals surface area contributed by atoms with Crippen molar-refractivity contribution in [1.29, 1.82) is 0 Å². The molecule has 0 atom stereocenters. The van der Waals surface area contributed by atoms with Gasteiger partial charge in [-0.15, -0.1) is 0 Å². The lowest BCUT2D eigenvalue weighted by Crippen LogP contribution is -2.41. The maximum atomic E-state index is 11.6. The molecule has 4 N–H and O–H groups in total. The number of nitrogen functional groups attached to an aromatic ring is 1. The third-order valence-electron chi connectivity index (χ3n) is 1.73. The first-order valence-corrected chi connectivity index (χ1v) is 4.10. The molecular weight excluding hydrogens is 164 g/mol. The molecular formula is C10H14N2O. The number of carbonyl (C=O) groups excluding carboxylic acids is 1. The second-order valence-electron chi connectivity index (χ2n) is 3.68. The van der Waals surface area contributed by atoms with Gasteiger partial charge in [-0.25, -0.2) is 0 Å². The Balaban J connectivity index is 3.03. The van der Waals surface area contributed by atoms with E-state index in [1.165, 1.54) is 0 Å². The predicted octanol–water partition coefficient (Wildman–Crippen LogP) is 1.19. The fraction of sp³-hybridized carbons (Fsp3) is 0.300. The molecule has 0 saturated heterocycles. The first-order valence-electron chi connectivity index (χ1n) is 4.10. The molecule has 0 radical (unpaired) electrons. The molecule has 0 unspecified atom stereocenters. The van der Waals surface area contributed by atoms with E-state index in [-0.39, 0.29) is 5.78 Å². The lowest BCUT2D eigenvalue weighted by atomic mass is 9.94. The number of hydrogen-bond acceptors (Lipinski definition) is 3. The van der Waals surface area contributed by atoms with Crippen LogP contribution >= 0.6 is 0 Å². The summed E-state index contributed by atoms with van der Waals surface area (Å²) in [4.78, 5) is 11.6. The zero-order valence-electron chi connectivity index (χ0n) is 7.87. The van der Waals surface area contributed by atoms with Gasteiger partial charge in [0, 0.05) is 11.3 Å². The van der Waals surface area contributed by atoms with Crippen molar-refractivity contribution in [2.75, 3.05) is 5.73 Å². The van der Waals surface area contributed by atoms with E-state index in [9.17, 15) is 4.79 Å². The van der Waals surface area contributed by atoms with E-state index >= 15 is 0 Å². The van der Waals surface area contributed by atoms with Crippen molar-refractivity contribution in [3.05, 3.63) is 29.8 Å². The molecule has 3 heteroatoms. The third kappa shape index (κ3) is 2.29. The van der Waals surface area contributed by atoms with Crippen LogP contribution in [0.5, 0.6) is 0 Å². The number of nitrogens with two attached hydrogens (primary N) is 2. The van der Waals surface area contributed by atoms with Gasteiger partial charge in [-0.2, -0.15) is 0 Å². The summed E-state index contributed by atoms with van der Waals surface area (Å²) in [5, 5.41) is 0. The van der Waals surface area contributed by atoms with Crippen LogP contribution in [0.3, 0.4) is 0 Å². The topological polar surface area (TPSA) is 69.1 Å². The summed E-state index contributed by atoms with van der Waals surface area (Å²) in [7, 11) is 0. The van der Waals surface area contributed by atoms with Gasteiger partial charge in [-0.05, 0) is 26.0 Å². The number of ketones is 1. The van der Waals surface area contributed by atoms with E-state index in [0.29, 0.717) is 11.3 Å². The van der Waals surface area contributed by atoms with Crippen LogP contribution in [0, 0.1) is 0 Å². The van der Waals surface area contributed by atoms with Crippen molar-refractivity contribution in [3.63, 3.8) is 0 Å². The summed E-state index contributed by atoms with van der Waals surface area (Å²) in [5.41, 5.74) is 11.5. The summed E-state index contributed by atoms with van der Waals surface area (Å²) in [5.74, 6) is -0.0974. The zero-order chi connectivity index (χ0) is 10.1. The van der Waals surface area contributed by atoms with Crippen molar-refractivity contribution >= 4 is 11.5 Å². The molecule has 0 aliphatic heterocycles. The highest BCUT2D eigenvalue weighted by Crippen LogP contribution is 2.12. The van der Waals surface area contributed by atoms with Crippen molar-refractivity contribution in [3.8, 4) is 0 Å². The summed E-state index contributed by atoms with van der Waals surface area (Å²) in [6.45, 7) is 3.36. The van der Waals surface area contributed by atoms with Crippen LogP contribution in [0.4, 0.5) is 5.69 Å². The number of anilines is 1. The lowest BCUT2D eigenvalue weighted by molar-refractivity contribution is 0.0913. The fourth-order valence-electron chi connectivity index (χ4n) is 1.05. The maximum Gasteiger partial charge on any atom is 0.182 e. The van der Waals surface area contributed by atoms with Gasteiger partial charge in [-0.1, -0.05) is 12.1 Å². The van der Waals surface area contributed by atoms with Gasteiger partial charge in [0.2, 0.25) is 0 Å². The van der Waals surface area contributed by atoms with E-state index in [2.05, 4.69) is 0 Å². The first kappa shape index (κ1) is 9.74. The summed E-state index contributed by atoms with van der Waals surface area (Å²) in [6.07, 6.45) is 0.